The molecule has 3 aromatic rings. The molecule has 0 spiro atoms. The van der Waals surface area contributed by atoms with Gasteiger partial charge in [-0.15, -0.1) is 0 Å². The lowest BCUT2D eigenvalue weighted by atomic mass is 9.84. The van der Waals surface area contributed by atoms with E-state index in [9.17, 15) is 0 Å². The van der Waals surface area contributed by atoms with Crippen molar-refractivity contribution in [2.24, 2.45) is 7.05 Å². The largest absolute Gasteiger partial charge is 0.212 e. The van der Waals surface area contributed by atoms with Crippen LogP contribution in [0.3, 0.4) is 0 Å². The SMILES string of the molecule is [2H]c1c(-c2cccc(C(C)(C)C)c2)ccc(-c2cc(C(C)(C)C)ccc2C)[n+]1C. The average molecular weight is 374 g/mol. The molecule has 1 nitrogen and oxygen atoms in total. The van der Waals surface area contributed by atoms with Crippen LogP contribution in [0.2, 0.25) is 0 Å². The first kappa shape index (κ1) is 18.9. The molecule has 0 fully saturated rings. The molecular weight excluding hydrogens is 338 g/mol. The summed E-state index contributed by atoms with van der Waals surface area (Å²) in [5, 5.41) is 0. The van der Waals surface area contributed by atoms with E-state index >= 15 is 0 Å². The van der Waals surface area contributed by atoms with Gasteiger partial charge in [-0.25, -0.2) is 4.57 Å². The van der Waals surface area contributed by atoms with Crippen molar-refractivity contribution in [1.82, 2.24) is 0 Å². The van der Waals surface area contributed by atoms with Crippen LogP contribution in [-0.4, -0.2) is 0 Å². The smallest absolute Gasteiger partial charge is 0.200 e. The Labute approximate surface area is 172 Å². The third kappa shape index (κ3) is 4.19. The minimum atomic E-state index is 0.0881. The van der Waals surface area contributed by atoms with Crippen molar-refractivity contribution in [3.05, 3.63) is 77.5 Å². The first-order valence-electron chi connectivity index (χ1n) is 10.6. The van der Waals surface area contributed by atoms with Crippen LogP contribution in [0.4, 0.5) is 0 Å². The number of pyridine rings is 1. The van der Waals surface area contributed by atoms with Crippen molar-refractivity contribution < 1.29 is 5.94 Å². The van der Waals surface area contributed by atoms with Gasteiger partial charge in [-0.05, 0) is 52.1 Å². The summed E-state index contributed by atoms with van der Waals surface area (Å²) in [5.74, 6) is 0. The lowest BCUT2D eigenvalue weighted by molar-refractivity contribution is -0.659. The van der Waals surface area contributed by atoms with E-state index in [0.29, 0.717) is 6.17 Å². The second-order valence-corrected chi connectivity index (χ2v) is 9.91. The number of aryl methyl sites for hydroxylation is 1. The maximum Gasteiger partial charge on any atom is 0.212 e. The maximum atomic E-state index is 8.86. The molecule has 1 heteroatoms. The van der Waals surface area contributed by atoms with Crippen molar-refractivity contribution >= 4 is 0 Å². The number of rotatable bonds is 2. The Morgan fingerprint density at radius 3 is 2.04 bits per heavy atom. The summed E-state index contributed by atoms with van der Waals surface area (Å²) < 4.78 is 10.9. The van der Waals surface area contributed by atoms with Crippen LogP contribution in [0.5, 0.6) is 0 Å². The van der Waals surface area contributed by atoms with Crippen molar-refractivity contribution in [2.75, 3.05) is 0 Å². The molecule has 0 aliphatic rings. The highest BCUT2D eigenvalue weighted by molar-refractivity contribution is 5.67. The molecule has 2 aromatic carbocycles. The summed E-state index contributed by atoms with van der Waals surface area (Å²) >= 11 is 0. The molecule has 0 N–H and O–H groups in total. The van der Waals surface area contributed by atoms with Crippen molar-refractivity contribution in [2.45, 2.75) is 59.3 Å². The molecule has 1 heterocycles. The summed E-state index contributed by atoms with van der Waals surface area (Å²) in [5.41, 5.74) is 8.36. The predicted octanol–water partition coefficient (Wildman–Crippen LogP) is 6.75. The van der Waals surface area contributed by atoms with Crippen molar-refractivity contribution in [1.29, 1.82) is 0 Å². The van der Waals surface area contributed by atoms with Gasteiger partial charge in [0.25, 0.3) is 0 Å². The molecule has 0 unspecified atom stereocenters. The highest BCUT2D eigenvalue weighted by Crippen LogP contribution is 2.31. The summed E-state index contributed by atoms with van der Waals surface area (Å²) in [7, 11) is 2.00. The number of hydrogen-bond donors (Lipinski definition) is 0. The minimum absolute atomic E-state index is 0.0881. The molecule has 0 radical (unpaired) electrons. The highest BCUT2D eigenvalue weighted by atomic mass is 14.9. The molecule has 0 atom stereocenters. The van der Waals surface area contributed by atoms with Crippen LogP contribution >= 0.6 is 0 Å². The van der Waals surface area contributed by atoms with Gasteiger partial charge < -0.3 is 0 Å². The first-order chi connectivity index (χ1) is 13.4. The van der Waals surface area contributed by atoms with Gasteiger partial charge in [0.1, 0.15) is 8.42 Å². The topological polar surface area (TPSA) is 3.88 Å². The zero-order valence-corrected chi connectivity index (χ0v) is 18.6. The van der Waals surface area contributed by atoms with E-state index < -0.39 is 0 Å². The normalized spacial score (nSPS) is 12.8. The Hall–Kier alpha value is -2.41. The van der Waals surface area contributed by atoms with Gasteiger partial charge in [0, 0.05) is 17.2 Å². The van der Waals surface area contributed by atoms with Gasteiger partial charge in [0.15, 0.2) is 6.17 Å². The van der Waals surface area contributed by atoms with Crippen LogP contribution < -0.4 is 4.57 Å². The first-order valence-corrected chi connectivity index (χ1v) is 10.1. The predicted molar refractivity (Wildman–Crippen MR) is 121 cm³/mol. The standard InChI is InChI=1S/C27H34N/c1-19-12-14-23(27(5,6)7)17-24(19)25-15-13-21(18-28(25)8)20-10-9-11-22(16-20)26(2,3)4/h9-18H,1-8H3/q+1/i18D. The van der Waals surface area contributed by atoms with Gasteiger partial charge in [-0.1, -0.05) is 77.9 Å². The Balaban J connectivity index is 2.13. The second-order valence-electron chi connectivity index (χ2n) is 9.91. The second kappa shape index (κ2) is 7.20. The van der Waals surface area contributed by atoms with Crippen molar-refractivity contribution in [3.8, 4) is 22.4 Å². The Morgan fingerprint density at radius 1 is 0.750 bits per heavy atom. The average Bonchev–Trinajstić information content (AvgIpc) is 2.63. The van der Waals surface area contributed by atoms with E-state index in [4.69, 9.17) is 1.37 Å². The molecule has 0 aliphatic heterocycles. The fraction of sp³-hybridized carbons (Fsp3) is 0.370. The van der Waals surface area contributed by atoms with Gasteiger partial charge in [0.05, 0.1) is 0 Å². The maximum absolute atomic E-state index is 8.86. The molecule has 28 heavy (non-hydrogen) atoms. The minimum Gasteiger partial charge on any atom is -0.200 e. The Kier molecular flexibility index (Phi) is 4.87. The van der Waals surface area contributed by atoms with E-state index in [-0.39, 0.29) is 10.8 Å². The van der Waals surface area contributed by atoms with Gasteiger partial charge in [-0.3, -0.25) is 0 Å². The van der Waals surface area contributed by atoms with Gasteiger partial charge >= 0.3 is 0 Å². The summed E-state index contributed by atoms with van der Waals surface area (Å²) in [6.07, 6.45) is 0.536. The molecule has 0 bridgehead atoms. The van der Waals surface area contributed by atoms with E-state index in [2.05, 4.69) is 103 Å². The molecular formula is C27H34N+. The van der Waals surface area contributed by atoms with E-state index in [0.717, 1.165) is 16.8 Å². The molecule has 0 aliphatic carbocycles. The van der Waals surface area contributed by atoms with Crippen LogP contribution in [-0.2, 0) is 17.9 Å². The van der Waals surface area contributed by atoms with Gasteiger partial charge in [-0.2, -0.15) is 0 Å². The number of aromatic nitrogens is 1. The quantitative estimate of drug-likeness (QED) is 0.437. The van der Waals surface area contributed by atoms with Crippen LogP contribution in [0.15, 0.2) is 60.8 Å². The van der Waals surface area contributed by atoms with Crippen molar-refractivity contribution in [3.63, 3.8) is 0 Å². The summed E-state index contributed by atoms with van der Waals surface area (Å²) in [6, 6.07) is 19.5. The van der Waals surface area contributed by atoms with E-state index in [1.807, 2.05) is 11.6 Å². The van der Waals surface area contributed by atoms with Crippen LogP contribution in [0.25, 0.3) is 22.4 Å². The molecule has 0 saturated carbocycles. The Morgan fingerprint density at radius 2 is 1.39 bits per heavy atom. The fourth-order valence-corrected chi connectivity index (χ4v) is 3.50. The van der Waals surface area contributed by atoms with E-state index in [1.54, 1.807) is 0 Å². The zero-order valence-electron chi connectivity index (χ0n) is 19.6. The third-order valence-electron chi connectivity index (χ3n) is 5.48. The zero-order chi connectivity index (χ0) is 21.6. The molecule has 146 valence electrons. The van der Waals surface area contributed by atoms with Gasteiger partial charge in [0.2, 0.25) is 5.69 Å². The molecule has 0 saturated heterocycles. The fourth-order valence-electron chi connectivity index (χ4n) is 3.50. The van der Waals surface area contributed by atoms with E-state index in [1.165, 1.54) is 22.3 Å². The number of benzene rings is 2. The highest BCUT2D eigenvalue weighted by Gasteiger charge is 2.20. The van der Waals surface area contributed by atoms with Crippen LogP contribution in [0.1, 0.15) is 59.6 Å². The summed E-state index contributed by atoms with van der Waals surface area (Å²) in [6.45, 7) is 15.5. The third-order valence-corrected chi connectivity index (χ3v) is 5.48. The lowest BCUT2D eigenvalue weighted by Crippen LogP contribution is -2.31. The number of nitrogens with zero attached hydrogens (tertiary/aromatic N) is 1. The summed E-state index contributed by atoms with van der Waals surface area (Å²) in [4.78, 5) is 0. The molecule has 0 amide bonds. The Bertz CT molecular complexity index is 1050. The van der Waals surface area contributed by atoms with Crippen LogP contribution in [0, 0.1) is 6.92 Å². The molecule has 1 aromatic heterocycles. The molecule has 3 rings (SSSR count). The number of hydrogen-bond acceptors (Lipinski definition) is 0. The lowest BCUT2D eigenvalue weighted by Gasteiger charge is -2.20. The monoisotopic (exact) mass is 373 g/mol.